The molecule has 0 radical (unpaired) electrons. The Bertz CT molecular complexity index is 1740. The lowest BCUT2D eigenvalue weighted by Crippen LogP contribution is -2.53. The fourth-order valence-electron chi connectivity index (χ4n) is 5.76. The topological polar surface area (TPSA) is 110 Å². The molecule has 2 atom stereocenters. The van der Waals surface area contributed by atoms with Crippen LogP contribution in [-0.4, -0.2) is 62.8 Å². The quantitative estimate of drug-likeness (QED) is 0.279. The number of pyridine rings is 1. The van der Waals surface area contributed by atoms with Crippen LogP contribution in [0.3, 0.4) is 0 Å². The Balaban J connectivity index is 1.38. The summed E-state index contributed by atoms with van der Waals surface area (Å²) >= 11 is 0. The zero-order chi connectivity index (χ0) is 32.5. The zero-order valence-electron chi connectivity index (χ0n) is 27.1. The minimum absolute atomic E-state index is 0.213. The van der Waals surface area contributed by atoms with Crippen LogP contribution in [-0.2, 0) is 16.6 Å². The molecule has 2 aromatic heterocycles. The molecule has 1 aliphatic heterocycles. The second kappa shape index (κ2) is 12.7. The first-order chi connectivity index (χ1) is 21.3. The molecule has 0 saturated carbocycles. The number of carbonyl (C=O) groups is 3. The number of ether oxygens (including phenoxy) is 1. The second-order valence-electron chi connectivity index (χ2n) is 12.8. The number of hydrogen-bond acceptors (Lipinski definition) is 6. The van der Waals surface area contributed by atoms with Crippen molar-refractivity contribution >= 4 is 34.5 Å². The number of likely N-dealkylation sites (N-methyl/N-ethyl adjacent to an activating group) is 1. The molecule has 1 saturated heterocycles. The maximum absolute atomic E-state index is 13.8. The SMILES string of the molecule is Cc1ccc(N(C)C(=O)[C@H]2CCCCN2C(=O)OC(C)(C)C)cc1C(=O)N[C@H](C)c1cc(-c2cnn(C)c2)nc2ccccc12. The van der Waals surface area contributed by atoms with Gasteiger partial charge in [0.15, 0.2) is 0 Å². The Morgan fingerprint density at radius 3 is 2.56 bits per heavy atom. The molecule has 0 aliphatic carbocycles. The summed E-state index contributed by atoms with van der Waals surface area (Å²) in [5.41, 5.74) is 4.61. The van der Waals surface area contributed by atoms with E-state index in [-0.39, 0.29) is 17.9 Å². The Kier molecular flexibility index (Phi) is 8.95. The molecule has 4 aromatic rings. The van der Waals surface area contributed by atoms with Crippen molar-refractivity contribution in [1.82, 2.24) is 25.0 Å². The summed E-state index contributed by atoms with van der Waals surface area (Å²) in [6.45, 7) is 9.73. The van der Waals surface area contributed by atoms with Crippen molar-refractivity contribution in [3.05, 3.63) is 77.6 Å². The number of benzene rings is 2. The maximum Gasteiger partial charge on any atom is 0.410 e. The highest BCUT2D eigenvalue weighted by atomic mass is 16.6. The summed E-state index contributed by atoms with van der Waals surface area (Å²) in [6.07, 6.45) is 5.42. The molecular weight excluding hydrogens is 568 g/mol. The van der Waals surface area contributed by atoms with Gasteiger partial charge in [-0.2, -0.15) is 5.10 Å². The lowest BCUT2D eigenvalue weighted by molar-refractivity contribution is -0.124. The van der Waals surface area contributed by atoms with E-state index in [1.807, 2.05) is 90.3 Å². The summed E-state index contributed by atoms with van der Waals surface area (Å²) in [5, 5.41) is 8.42. The summed E-state index contributed by atoms with van der Waals surface area (Å²) in [4.78, 5) is 48.4. The molecule has 1 aliphatic rings. The number of anilines is 1. The van der Waals surface area contributed by atoms with Gasteiger partial charge in [-0.3, -0.25) is 19.2 Å². The van der Waals surface area contributed by atoms with Gasteiger partial charge in [0.05, 0.1) is 23.4 Å². The zero-order valence-corrected chi connectivity index (χ0v) is 27.1. The number of para-hydroxylation sites is 1. The van der Waals surface area contributed by atoms with Crippen LogP contribution in [0.1, 0.15) is 74.5 Å². The van der Waals surface area contributed by atoms with Crippen LogP contribution in [0, 0.1) is 6.92 Å². The number of carbonyl (C=O) groups excluding carboxylic acids is 3. The average molecular weight is 611 g/mol. The maximum atomic E-state index is 13.8. The predicted octanol–water partition coefficient (Wildman–Crippen LogP) is 6.19. The molecule has 0 bridgehead atoms. The van der Waals surface area contributed by atoms with E-state index in [1.54, 1.807) is 24.0 Å². The average Bonchev–Trinajstić information content (AvgIpc) is 3.45. The van der Waals surface area contributed by atoms with Crippen LogP contribution < -0.4 is 10.2 Å². The van der Waals surface area contributed by atoms with Gasteiger partial charge in [-0.05, 0) is 89.3 Å². The Hall–Kier alpha value is -4.73. The number of aryl methyl sites for hydroxylation is 2. The van der Waals surface area contributed by atoms with Crippen LogP contribution in [0.4, 0.5) is 10.5 Å². The van der Waals surface area contributed by atoms with Crippen molar-refractivity contribution in [2.24, 2.45) is 7.05 Å². The molecular formula is C35H42N6O4. The van der Waals surface area contributed by atoms with Crippen LogP contribution >= 0.6 is 0 Å². The number of piperidine rings is 1. The molecule has 5 rings (SSSR count). The molecule has 0 spiro atoms. The molecule has 10 heteroatoms. The summed E-state index contributed by atoms with van der Waals surface area (Å²) in [6, 6.07) is 14.3. The third-order valence-electron chi connectivity index (χ3n) is 8.16. The van der Waals surface area contributed by atoms with Gasteiger partial charge in [-0.15, -0.1) is 0 Å². The van der Waals surface area contributed by atoms with E-state index >= 15 is 0 Å². The molecule has 1 fully saturated rings. The number of rotatable bonds is 6. The van der Waals surface area contributed by atoms with Gasteiger partial charge in [0.1, 0.15) is 11.6 Å². The number of fused-ring (bicyclic) bond motifs is 1. The lowest BCUT2D eigenvalue weighted by Gasteiger charge is -2.37. The monoisotopic (exact) mass is 610 g/mol. The van der Waals surface area contributed by atoms with E-state index in [2.05, 4.69) is 10.4 Å². The van der Waals surface area contributed by atoms with Crippen LogP contribution in [0.25, 0.3) is 22.2 Å². The van der Waals surface area contributed by atoms with Gasteiger partial charge < -0.3 is 15.0 Å². The van der Waals surface area contributed by atoms with Crippen molar-refractivity contribution < 1.29 is 19.1 Å². The van der Waals surface area contributed by atoms with Crippen molar-refractivity contribution in [3.63, 3.8) is 0 Å². The normalized spacial score (nSPS) is 15.9. The number of aromatic nitrogens is 3. The van der Waals surface area contributed by atoms with Crippen molar-refractivity contribution in [1.29, 1.82) is 0 Å². The van der Waals surface area contributed by atoms with Gasteiger partial charge in [0.25, 0.3) is 5.91 Å². The molecule has 1 N–H and O–H groups in total. The molecule has 2 aromatic carbocycles. The highest BCUT2D eigenvalue weighted by Crippen LogP contribution is 2.30. The van der Waals surface area contributed by atoms with E-state index in [4.69, 9.17) is 9.72 Å². The Labute approximate surface area is 264 Å². The summed E-state index contributed by atoms with van der Waals surface area (Å²) < 4.78 is 7.33. The first-order valence-electron chi connectivity index (χ1n) is 15.4. The first-order valence-corrected chi connectivity index (χ1v) is 15.4. The summed E-state index contributed by atoms with van der Waals surface area (Å²) in [5.74, 6) is -0.463. The third-order valence-corrected chi connectivity index (χ3v) is 8.16. The highest BCUT2D eigenvalue weighted by molar-refractivity contribution is 6.01. The van der Waals surface area contributed by atoms with E-state index in [0.717, 1.165) is 46.1 Å². The lowest BCUT2D eigenvalue weighted by atomic mass is 9.99. The standard InChI is InChI=1S/C35H42N6O4/c1-22-15-16-25(40(7)33(43)31-14-10-11-17-41(31)34(44)45-35(3,4)5)18-27(22)32(42)37-23(2)28-19-30(24-20-36-39(6)21-24)38-29-13-9-8-12-26(28)29/h8-9,12-13,15-16,18-21,23,31H,10-11,14,17H2,1-7H3,(H,37,42)/t23-,31-/m1/s1. The fourth-order valence-corrected chi connectivity index (χ4v) is 5.76. The van der Waals surface area contributed by atoms with Crippen LogP contribution in [0.2, 0.25) is 0 Å². The smallest absolute Gasteiger partial charge is 0.410 e. The number of nitrogens with zero attached hydrogens (tertiary/aromatic N) is 5. The molecule has 236 valence electrons. The highest BCUT2D eigenvalue weighted by Gasteiger charge is 2.36. The third kappa shape index (κ3) is 7.00. The van der Waals surface area contributed by atoms with E-state index < -0.39 is 17.7 Å². The Morgan fingerprint density at radius 1 is 1.09 bits per heavy atom. The fraction of sp³-hybridized carbons (Fsp3) is 0.400. The number of nitrogens with one attached hydrogen (secondary N) is 1. The minimum atomic E-state index is -0.659. The number of hydrogen-bond donors (Lipinski definition) is 1. The van der Waals surface area contributed by atoms with Crippen molar-refractivity contribution in [2.45, 2.75) is 71.6 Å². The number of likely N-dealkylation sites (tertiary alicyclic amines) is 1. The second-order valence-corrected chi connectivity index (χ2v) is 12.8. The Morgan fingerprint density at radius 2 is 1.84 bits per heavy atom. The molecule has 3 heterocycles. The van der Waals surface area contributed by atoms with E-state index in [9.17, 15) is 14.4 Å². The molecule has 0 unspecified atom stereocenters. The van der Waals surface area contributed by atoms with Crippen LogP contribution in [0.5, 0.6) is 0 Å². The largest absolute Gasteiger partial charge is 0.444 e. The number of amides is 3. The minimum Gasteiger partial charge on any atom is -0.444 e. The van der Waals surface area contributed by atoms with E-state index in [1.165, 1.54) is 9.80 Å². The summed E-state index contributed by atoms with van der Waals surface area (Å²) in [7, 11) is 3.55. The van der Waals surface area contributed by atoms with E-state index in [0.29, 0.717) is 24.2 Å². The van der Waals surface area contributed by atoms with Crippen LogP contribution in [0.15, 0.2) is 60.9 Å². The molecule has 10 nitrogen and oxygen atoms in total. The van der Waals surface area contributed by atoms with Gasteiger partial charge in [0.2, 0.25) is 5.91 Å². The molecule has 45 heavy (non-hydrogen) atoms. The van der Waals surface area contributed by atoms with Crippen molar-refractivity contribution in [3.8, 4) is 11.3 Å². The van der Waals surface area contributed by atoms with Crippen molar-refractivity contribution in [2.75, 3.05) is 18.5 Å². The molecule has 3 amide bonds. The first kappa shape index (κ1) is 31.7. The van der Waals surface area contributed by atoms with Gasteiger partial charge in [0, 0.05) is 49.0 Å². The van der Waals surface area contributed by atoms with Gasteiger partial charge in [-0.25, -0.2) is 9.78 Å². The van der Waals surface area contributed by atoms with Gasteiger partial charge >= 0.3 is 6.09 Å². The predicted molar refractivity (Wildman–Crippen MR) is 175 cm³/mol. The van der Waals surface area contributed by atoms with Gasteiger partial charge in [-0.1, -0.05) is 24.3 Å².